The predicted octanol–water partition coefficient (Wildman–Crippen LogP) is 1.47. The van der Waals surface area contributed by atoms with Gasteiger partial charge in [0.05, 0.1) is 19.3 Å². The van der Waals surface area contributed by atoms with E-state index in [9.17, 15) is 4.79 Å². The number of pyridine rings is 1. The Morgan fingerprint density at radius 2 is 2.12 bits per heavy atom. The Morgan fingerprint density at radius 3 is 2.72 bits per heavy atom. The zero-order valence-electron chi connectivity index (χ0n) is 15.3. The number of ketones is 1. The van der Waals surface area contributed by atoms with Crippen LogP contribution in [-0.4, -0.2) is 84.8 Å². The quantitative estimate of drug-likeness (QED) is 0.696. The van der Waals surface area contributed by atoms with Crippen LogP contribution in [0.25, 0.3) is 0 Å². The molecule has 0 bridgehead atoms. The second-order valence-electron chi connectivity index (χ2n) is 7.13. The van der Waals surface area contributed by atoms with Gasteiger partial charge in [-0.2, -0.15) is 0 Å². The van der Waals surface area contributed by atoms with E-state index in [0.717, 1.165) is 45.8 Å². The number of piperazine rings is 1. The largest absolute Gasteiger partial charge is 0.379 e. The van der Waals surface area contributed by atoms with E-state index in [0.29, 0.717) is 18.9 Å². The lowest BCUT2D eigenvalue weighted by Crippen LogP contribution is -2.61. The van der Waals surface area contributed by atoms with Crippen molar-refractivity contribution in [2.75, 3.05) is 52.5 Å². The molecule has 6 heteroatoms. The summed E-state index contributed by atoms with van der Waals surface area (Å²) >= 11 is 0. The van der Waals surface area contributed by atoms with Crippen LogP contribution in [0.15, 0.2) is 24.4 Å². The summed E-state index contributed by atoms with van der Waals surface area (Å²) < 4.78 is 11.3. The first-order valence-electron chi connectivity index (χ1n) is 9.24. The van der Waals surface area contributed by atoms with E-state index in [1.165, 1.54) is 0 Å². The van der Waals surface area contributed by atoms with Crippen molar-refractivity contribution in [2.24, 2.45) is 0 Å². The molecule has 2 aliphatic heterocycles. The second-order valence-corrected chi connectivity index (χ2v) is 7.13. The maximum absolute atomic E-state index is 13.2. The Morgan fingerprint density at radius 1 is 1.32 bits per heavy atom. The lowest BCUT2D eigenvalue weighted by molar-refractivity contribution is 0.00935. The smallest absolute Gasteiger partial charge is 0.203 e. The number of hydrogen-bond acceptors (Lipinski definition) is 6. The highest BCUT2D eigenvalue weighted by Crippen LogP contribution is 2.30. The summed E-state index contributed by atoms with van der Waals surface area (Å²) in [6.07, 6.45) is 2.71. The van der Waals surface area contributed by atoms with Crippen LogP contribution in [0, 0.1) is 0 Å². The van der Waals surface area contributed by atoms with Crippen LogP contribution in [0.4, 0.5) is 0 Å². The molecular weight excluding hydrogens is 318 g/mol. The van der Waals surface area contributed by atoms with Gasteiger partial charge in [-0.25, -0.2) is 0 Å². The number of carbonyl (C=O) groups is 1. The van der Waals surface area contributed by atoms with Crippen molar-refractivity contribution >= 4 is 5.78 Å². The van der Waals surface area contributed by atoms with Gasteiger partial charge in [0.2, 0.25) is 5.78 Å². The molecule has 2 saturated heterocycles. The van der Waals surface area contributed by atoms with E-state index in [4.69, 9.17) is 9.47 Å². The van der Waals surface area contributed by atoms with Crippen molar-refractivity contribution in [2.45, 2.75) is 31.9 Å². The minimum Gasteiger partial charge on any atom is -0.379 e. The summed E-state index contributed by atoms with van der Waals surface area (Å²) in [7, 11) is 0. The number of carbonyl (C=O) groups excluding carboxylic acids is 1. The summed E-state index contributed by atoms with van der Waals surface area (Å²) in [5.41, 5.74) is -0.00438. The minimum atomic E-state index is -0.547. The minimum absolute atomic E-state index is 0.0993. The molecule has 25 heavy (non-hydrogen) atoms. The fraction of sp³-hybridized carbons (Fsp3) is 0.684. The molecule has 3 heterocycles. The fourth-order valence-corrected chi connectivity index (χ4v) is 3.68. The van der Waals surface area contributed by atoms with E-state index < -0.39 is 5.54 Å². The van der Waals surface area contributed by atoms with Crippen LogP contribution in [-0.2, 0) is 9.47 Å². The zero-order chi connectivity index (χ0) is 17.7. The van der Waals surface area contributed by atoms with Crippen LogP contribution in [0.5, 0.6) is 0 Å². The van der Waals surface area contributed by atoms with E-state index >= 15 is 0 Å². The van der Waals surface area contributed by atoms with E-state index in [1.807, 2.05) is 18.2 Å². The van der Waals surface area contributed by atoms with Gasteiger partial charge < -0.3 is 9.47 Å². The van der Waals surface area contributed by atoms with E-state index in [1.54, 1.807) is 6.20 Å². The molecule has 0 amide bonds. The van der Waals surface area contributed by atoms with Crippen LogP contribution < -0.4 is 0 Å². The van der Waals surface area contributed by atoms with E-state index in [2.05, 4.69) is 28.6 Å². The normalized spacial score (nSPS) is 25.6. The maximum atomic E-state index is 13.2. The molecule has 1 atom stereocenters. The van der Waals surface area contributed by atoms with Crippen molar-refractivity contribution in [1.29, 1.82) is 0 Å². The highest BCUT2D eigenvalue weighted by Gasteiger charge is 2.48. The zero-order valence-corrected chi connectivity index (χ0v) is 15.3. The summed E-state index contributed by atoms with van der Waals surface area (Å²) in [4.78, 5) is 22.2. The Bertz CT molecular complexity index is 550. The van der Waals surface area contributed by atoms with Gasteiger partial charge >= 0.3 is 0 Å². The van der Waals surface area contributed by atoms with Gasteiger partial charge in [0.1, 0.15) is 11.2 Å². The van der Waals surface area contributed by atoms with Crippen molar-refractivity contribution in [3.8, 4) is 0 Å². The molecule has 0 saturated carbocycles. The first kappa shape index (κ1) is 18.5. The third-order valence-electron chi connectivity index (χ3n) is 5.16. The third kappa shape index (κ3) is 4.26. The van der Waals surface area contributed by atoms with Crippen molar-refractivity contribution in [1.82, 2.24) is 14.8 Å². The Kier molecular flexibility index (Phi) is 6.17. The van der Waals surface area contributed by atoms with E-state index in [-0.39, 0.29) is 11.9 Å². The lowest BCUT2D eigenvalue weighted by atomic mass is 9.88. The van der Waals surface area contributed by atoms with Crippen LogP contribution in [0.3, 0.4) is 0 Å². The Hall–Kier alpha value is -1.34. The molecule has 0 aliphatic carbocycles. The van der Waals surface area contributed by atoms with Gasteiger partial charge in [0.15, 0.2) is 0 Å². The standard InChI is InChI=1S/C19H29N3O3/c1-16(2)25-14-12-21-8-10-22(11-9-21)19(6-13-24-15-19)18(23)17-5-3-4-7-20-17/h3-5,7,16H,6,8-15H2,1-2H3/t19-/m1/s1. The fourth-order valence-electron chi connectivity index (χ4n) is 3.68. The molecule has 0 aromatic carbocycles. The Balaban J connectivity index is 1.62. The molecule has 0 unspecified atom stereocenters. The summed E-state index contributed by atoms with van der Waals surface area (Å²) in [6.45, 7) is 10.6. The number of rotatable bonds is 7. The van der Waals surface area contributed by atoms with Crippen molar-refractivity contribution in [3.63, 3.8) is 0 Å². The molecule has 3 rings (SSSR count). The average molecular weight is 347 g/mol. The molecule has 2 aliphatic rings. The molecule has 6 nitrogen and oxygen atoms in total. The molecule has 138 valence electrons. The van der Waals surface area contributed by atoms with Crippen molar-refractivity contribution in [3.05, 3.63) is 30.1 Å². The first-order chi connectivity index (χ1) is 12.1. The molecular formula is C19H29N3O3. The van der Waals surface area contributed by atoms with Crippen molar-refractivity contribution < 1.29 is 14.3 Å². The van der Waals surface area contributed by atoms with Gasteiger partial charge in [-0.05, 0) is 32.4 Å². The summed E-state index contributed by atoms with van der Waals surface area (Å²) in [5.74, 6) is 0.0993. The summed E-state index contributed by atoms with van der Waals surface area (Å²) in [6, 6.07) is 5.52. The number of Topliss-reactive ketones (excluding diaryl/α,β-unsaturated/α-hetero) is 1. The lowest BCUT2D eigenvalue weighted by Gasteiger charge is -2.44. The second kappa shape index (κ2) is 8.36. The molecule has 0 spiro atoms. The van der Waals surface area contributed by atoms with Gasteiger partial charge in [0.25, 0.3) is 0 Å². The summed E-state index contributed by atoms with van der Waals surface area (Å²) in [5, 5.41) is 0. The van der Waals surface area contributed by atoms with Crippen LogP contribution in [0.1, 0.15) is 30.8 Å². The monoisotopic (exact) mass is 347 g/mol. The predicted molar refractivity (Wildman–Crippen MR) is 95.8 cm³/mol. The average Bonchev–Trinajstić information content (AvgIpc) is 3.13. The molecule has 2 fully saturated rings. The molecule has 1 aromatic rings. The van der Waals surface area contributed by atoms with Gasteiger partial charge in [-0.15, -0.1) is 0 Å². The van der Waals surface area contributed by atoms with Gasteiger partial charge in [0, 0.05) is 45.5 Å². The topological polar surface area (TPSA) is 54.9 Å². The SMILES string of the molecule is CC(C)OCCN1CCN([C@]2(C(=O)c3ccccn3)CCOC2)CC1. The molecule has 0 radical (unpaired) electrons. The van der Waals surface area contributed by atoms with Crippen LogP contribution >= 0.6 is 0 Å². The maximum Gasteiger partial charge on any atom is 0.203 e. The van der Waals surface area contributed by atoms with Gasteiger partial charge in [-0.1, -0.05) is 6.07 Å². The number of ether oxygens (including phenoxy) is 2. The highest BCUT2D eigenvalue weighted by molar-refractivity contribution is 6.02. The number of aromatic nitrogens is 1. The number of hydrogen-bond donors (Lipinski definition) is 0. The molecule has 0 N–H and O–H groups in total. The van der Waals surface area contributed by atoms with Gasteiger partial charge in [-0.3, -0.25) is 19.6 Å². The third-order valence-corrected chi connectivity index (χ3v) is 5.16. The molecule has 1 aromatic heterocycles. The number of nitrogens with zero attached hydrogens (tertiary/aromatic N) is 3. The highest BCUT2D eigenvalue weighted by atomic mass is 16.5. The van der Waals surface area contributed by atoms with Crippen LogP contribution in [0.2, 0.25) is 0 Å². The first-order valence-corrected chi connectivity index (χ1v) is 9.24. The Labute approximate surface area is 150 Å².